The van der Waals surface area contributed by atoms with Crippen molar-refractivity contribution in [2.45, 2.75) is 44.3 Å². The van der Waals surface area contributed by atoms with Crippen LogP contribution in [0.15, 0.2) is 35.0 Å². The van der Waals surface area contributed by atoms with Crippen LogP contribution in [0.4, 0.5) is 13.2 Å². The van der Waals surface area contributed by atoms with E-state index >= 15 is 0 Å². The highest BCUT2D eigenvalue weighted by Crippen LogP contribution is 2.39. The van der Waals surface area contributed by atoms with Gasteiger partial charge >= 0.3 is 6.18 Å². The molecule has 150 valence electrons. The summed E-state index contributed by atoms with van der Waals surface area (Å²) in [4.78, 5) is 4.17. The molecule has 28 heavy (non-hydrogen) atoms. The van der Waals surface area contributed by atoms with E-state index in [4.69, 9.17) is 10.3 Å². The van der Waals surface area contributed by atoms with Crippen molar-refractivity contribution >= 4 is 12.4 Å². The van der Waals surface area contributed by atoms with E-state index in [2.05, 4.69) is 15.2 Å². The molecule has 10 heteroatoms. The zero-order valence-electron chi connectivity index (χ0n) is 15.0. The van der Waals surface area contributed by atoms with E-state index in [1.807, 2.05) is 6.92 Å². The summed E-state index contributed by atoms with van der Waals surface area (Å²) in [5, 5.41) is 7.77. The second-order valence-electron chi connectivity index (χ2n) is 6.94. The second-order valence-corrected chi connectivity index (χ2v) is 6.94. The predicted molar refractivity (Wildman–Crippen MR) is 98.2 cm³/mol. The van der Waals surface area contributed by atoms with Crippen molar-refractivity contribution in [2.75, 3.05) is 0 Å². The first kappa shape index (κ1) is 20.3. The highest BCUT2D eigenvalue weighted by molar-refractivity contribution is 5.85. The molecule has 1 aliphatic rings. The van der Waals surface area contributed by atoms with Crippen LogP contribution in [0.3, 0.4) is 0 Å². The lowest BCUT2D eigenvalue weighted by atomic mass is 9.99. The van der Waals surface area contributed by atoms with Crippen molar-refractivity contribution in [2.24, 2.45) is 5.73 Å². The Bertz CT molecular complexity index is 959. The summed E-state index contributed by atoms with van der Waals surface area (Å²) in [6, 6.07) is 6.60. The summed E-state index contributed by atoms with van der Waals surface area (Å²) in [7, 11) is 0. The van der Waals surface area contributed by atoms with Crippen LogP contribution in [0.5, 0.6) is 0 Å². The zero-order chi connectivity index (χ0) is 19.2. The van der Waals surface area contributed by atoms with Gasteiger partial charge in [0, 0.05) is 0 Å². The van der Waals surface area contributed by atoms with Gasteiger partial charge in [-0.25, -0.2) is 4.68 Å². The van der Waals surface area contributed by atoms with Gasteiger partial charge in [0.15, 0.2) is 11.5 Å². The predicted octanol–water partition coefficient (Wildman–Crippen LogP) is 4.40. The summed E-state index contributed by atoms with van der Waals surface area (Å²) >= 11 is 0. The Balaban J connectivity index is 0.00000225. The van der Waals surface area contributed by atoms with Crippen molar-refractivity contribution in [3.63, 3.8) is 0 Å². The van der Waals surface area contributed by atoms with Crippen LogP contribution in [0.1, 0.15) is 42.8 Å². The summed E-state index contributed by atoms with van der Waals surface area (Å²) in [6.45, 7) is 1.86. The Labute approximate surface area is 165 Å². The monoisotopic (exact) mass is 413 g/mol. The van der Waals surface area contributed by atoms with E-state index in [1.54, 1.807) is 24.3 Å². The second kappa shape index (κ2) is 7.21. The number of rotatable bonds is 3. The minimum atomic E-state index is -4.65. The van der Waals surface area contributed by atoms with Crippen molar-refractivity contribution in [1.82, 2.24) is 19.9 Å². The van der Waals surface area contributed by atoms with Gasteiger partial charge in [-0.1, -0.05) is 35.7 Å². The molecule has 0 unspecified atom stereocenters. The fourth-order valence-electron chi connectivity index (χ4n) is 3.42. The number of halogens is 4. The molecule has 2 N–H and O–H groups in total. The average molecular weight is 414 g/mol. The van der Waals surface area contributed by atoms with E-state index in [9.17, 15) is 13.2 Å². The number of hydrogen-bond acceptors (Lipinski definition) is 5. The number of nitrogens with two attached hydrogens (primary N) is 1. The lowest BCUT2D eigenvalue weighted by molar-refractivity contribution is -0.142. The Kier molecular flexibility index (Phi) is 5.24. The third-order valence-corrected chi connectivity index (χ3v) is 4.91. The van der Waals surface area contributed by atoms with Crippen LogP contribution in [0.2, 0.25) is 0 Å². The number of benzene rings is 1. The molecular formula is C18H19ClF3N5O. The molecule has 0 radical (unpaired) electrons. The van der Waals surface area contributed by atoms with Gasteiger partial charge in [0.2, 0.25) is 0 Å². The van der Waals surface area contributed by atoms with Crippen LogP contribution in [-0.4, -0.2) is 19.9 Å². The number of aromatic nitrogens is 4. The molecule has 0 amide bonds. The SMILES string of the molecule is Cc1ccc(-n2ncc(-c3nc(C4(N)CCCC4)no3)c2C(F)(F)F)cc1.Cl. The first-order valence-corrected chi connectivity index (χ1v) is 8.64. The average Bonchev–Trinajstić information content (AvgIpc) is 3.33. The number of alkyl halides is 3. The van der Waals surface area contributed by atoms with Gasteiger partial charge in [-0.15, -0.1) is 12.4 Å². The minimum Gasteiger partial charge on any atom is -0.334 e. The third-order valence-electron chi connectivity index (χ3n) is 4.91. The molecule has 1 fully saturated rings. The Morgan fingerprint density at radius 1 is 1.14 bits per heavy atom. The fourth-order valence-corrected chi connectivity index (χ4v) is 3.42. The summed E-state index contributed by atoms with van der Waals surface area (Å²) < 4.78 is 47.4. The molecule has 1 aliphatic carbocycles. The standard InChI is InChI=1S/C18H18F3N5O.ClH/c1-11-4-6-12(7-5-11)26-14(18(19,20)21)13(10-23-26)15-24-16(25-27-15)17(22)8-2-3-9-17;/h4-7,10H,2-3,8-9,22H2,1H3;1H. The Morgan fingerprint density at radius 2 is 1.79 bits per heavy atom. The van der Waals surface area contributed by atoms with Crippen molar-refractivity contribution in [1.29, 1.82) is 0 Å². The molecule has 6 nitrogen and oxygen atoms in total. The molecule has 1 aromatic carbocycles. The molecule has 2 aromatic heterocycles. The topological polar surface area (TPSA) is 82.8 Å². The highest BCUT2D eigenvalue weighted by atomic mass is 35.5. The lowest BCUT2D eigenvalue weighted by Crippen LogP contribution is -2.34. The van der Waals surface area contributed by atoms with E-state index < -0.39 is 17.4 Å². The summed E-state index contributed by atoms with van der Waals surface area (Å²) in [6.07, 6.45) is -0.336. The maximum atomic E-state index is 13.8. The maximum absolute atomic E-state index is 13.8. The number of nitrogens with zero attached hydrogens (tertiary/aromatic N) is 4. The first-order valence-electron chi connectivity index (χ1n) is 8.64. The molecular weight excluding hydrogens is 395 g/mol. The largest absolute Gasteiger partial charge is 0.434 e. The highest BCUT2D eigenvalue weighted by Gasteiger charge is 2.42. The molecule has 4 rings (SSSR count). The van der Waals surface area contributed by atoms with Gasteiger partial charge in [0.1, 0.15) is 0 Å². The Hall–Kier alpha value is -2.39. The molecule has 0 bridgehead atoms. The van der Waals surface area contributed by atoms with Crippen LogP contribution in [0.25, 0.3) is 17.1 Å². The molecule has 0 saturated heterocycles. The molecule has 0 atom stereocenters. The van der Waals surface area contributed by atoms with Crippen LogP contribution in [-0.2, 0) is 11.7 Å². The zero-order valence-corrected chi connectivity index (χ0v) is 15.8. The lowest BCUT2D eigenvalue weighted by Gasteiger charge is -2.17. The van der Waals surface area contributed by atoms with Gasteiger partial charge < -0.3 is 10.3 Å². The van der Waals surface area contributed by atoms with Crippen molar-refractivity contribution in [3.8, 4) is 17.1 Å². The van der Waals surface area contributed by atoms with Gasteiger partial charge in [-0.2, -0.15) is 23.3 Å². The summed E-state index contributed by atoms with van der Waals surface area (Å²) in [5.41, 5.74) is 5.55. The molecule has 0 aliphatic heterocycles. The van der Waals surface area contributed by atoms with E-state index in [0.717, 1.165) is 29.3 Å². The molecule has 2 heterocycles. The molecule has 1 saturated carbocycles. The van der Waals surface area contributed by atoms with E-state index in [1.165, 1.54) is 0 Å². The number of hydrogen-bond donors (Lipinski definition) is 1. The van der Waals surface area contributed by atoms with Crippen LogP contribution < -0.4 is 5.73 Å². The van der Waals surface area contributed by atoms with Crippen molar-refractivity contribution in [3.05, 3.63) is 47.5 Å². The van der Waals surface area contributed by atoms with Gasteiger partial charge in [0.05, 0.1) is 23.0 Å². The van der Waals surface area contributed by atoms with Crippen LogP contribution in [0, 0.1) is 6.92 Å². The third kappa shape index (κ3) is 3.51. The van der Waals surface area contributed by atoms with E-state index in [0.29, 0.717) is 18.5 Å². The summed E-state index contributed by atoms with van der Waals surface area (Å²) in [5.74, 6) is 0.0126. The molecule has 0 spiro atoms. The quantitative estimate of drug-likeness (QED) is 0.688. The van der Waals surface area contributed by atoms with E-state index in [-0.39, 0.29) is 29.7 Å². The van der Waals surface area contributed by atoms with Gasteiger partial charge in [-0.3, -0.25) is 0 Å². The first-order chi connectivity index (χ1) is 12.8. The van der Waals surface area contributed by atoms with Crippen molar-refractivity contribution < 1.29 is 17.7 Å². The van der Waals surface area contributed by atoms with Gasteiger partial charge in [0.25, 0.3) is 5.89 Å². The number of aryl methyl sites for hydroxylation is 1. The maximum Gasteiger partial charge on any atom is 0.434 e. The molecule has 3 aromatic rings. The minimum absolute atomic E-state index is 0. The van der Waals surface area contributed by atoms with Crippen LogP contribution >= 0.6 is 12.4 Å². The van der Waals surface area contributed by atoms with Gasteiger partial charge in [-0.05, 0) is 31.9 Å². The Morgan fingerprint density at radius 3 is 2.39 bits per heavy atom. The fraction of sp³-hybridized carbons (Fsp3) is 0.389. The smallest absolute Gasteiger partial charge is 0.334 e. The normalized spacial score (nSPS) is 16.2.